The summed E-state index contributed by atoms with van der Waals surface area (Å²) in [4.78, 5) is 0. The molecule has 0 amide bonds. The van der Waals surface area contributed by atoms with E-state index in [1.807, 2.05) is 0 Å². The van der Waals surface area contributed by atoms with E-state index >= 15 is 0 Å². The van der Waals surface area contributed by atoms with E-state index in [9.17, 15) is 4.39 Å². The second-order valence-electron chi connectivity index (χ2n) is 2.53. The third-order valence-corrected chi connectivity index (χ3v) is 1.76. The highest BCUT2D eigenvalue weighted by Crippen LogP contribution is 2.25. The second-order valence-corrected chi connectivity index (χ2v) is 2.53. The zero-order valence-electron chi connectivity index (χ0n) is 7.10. The Bertz CT molecular complexity index is 255. The second kappa shape index (κ2) is 3.54. The van der Waals surface area contributed by atoms with E-state index in [1.165, 1.54) is 13.2 Å². The molecule has 0 fully saturated rings. The van der Waals surface area contributed by atoms with Crippen molar-refractivity contribution in [2.45, 2.75) is 13.5 Å². The van der Waals surface area contributed by atoms with Crippen LogP contribution in [-0.4, -0.2) is 12.2 Å². The van der Waals surface area contributed by atoms with Crippen molar-refractivity contribution in [1.82, 2.24) is 0 Å². The first-order valence-electron chi connectivity index (χ1n) is 3.63. The predicted molar refractivity (Wildman–Crippen MR) is 43.6 cm³/mol. The first kappa shape index (κ1) is 9.00. The van der Waals surface area contributed by atoms with Gasteiger partial charge in [-0.15, -0.1) is 0 Å². The van der Waals surface area contributed by atoms with Crippen LogP contribution >= 0.6 is 0 Å². The van der Waals surface area contributed by atoms with Crippen molar-refractivity contribution in [2.75, 3.05) is 7.11 Å². The van der Waals surface area contributed by atoms with E-state index in [2.05, 4.69) is 0 Å². The van der Waals surface area contributed by atoms with E-state index < -0.39 is 5.82 Å². The van der Waals surface area contributed by atoms with E-state index in [0.717, 1.165) is 5.56 Å². The smallest absolute Gasteiger partial charge is 0.132 e. The van der Waals surface area contributed by atoms with Gasteiger partial charge >= 0.3 is 0 Å². The van der Waals surface area contributed by atoms with Gasteiger partial charge in [-0.05, 0) is 18.6 Å². The summed E-state index contributed by atoms with van der Waals surface area (Å²) in [5.74, 6) is -0.00236. The fourth-order valence-corrected chi connectivity index (χ4v) is 1.15. The number of methoxy groups -OCH3 is 1. The van der Waals surface area contributed by atoms with Crippen molar-refractivity contribution >= 4 is 0 Å². The third kappa shape index (κ3) is 1.41. The summed E-state index contributed by atoms with van der Waals surface area (Å²) < 4.78 is 17.9. The highest BCUT2D eigenvalue weighted by atomic mass is 19.1. The van der Waals surface area contributed by atoms with Crippen LogP contribution in [-0.2, 0) is 6.61 Å². The molecule has 3 heteroatoms. The van der Waals surface area contributed by atoms with Crippen LogP contribution in [0, 0.1) is 12.7 Å². The summed E-state index contributed by atoms with van der Waals surface area (Å²) in [7, 11) is 1.46. The minimum absolute atomic E-state index is 0.220. The molecule has 1 rings (SSSR count). The summed E-state index contributed by atoms with van der Waals surface area (Å²) >= 11 is 0. The zero-order valence-corrected chi connectivity index (χ0v) is 7.10. The largest absolute Gasteiger partial charge is 0.496 e. The molecule has 0 aliphatic rings. The molecule has 0 aliphatic carbocycles. The molecule has 66 valence electrons. The summed E-state index contributed by atoms with van der Waals surface area (Å²) in [6.07, 6.45) is 0. The van der Waals surface area contributed by atoms with Gasteiger partial charge in [0.25, 0.3) is 0 Å². The maximum absolute atomic E-state index is 13.0. The standard InChI is InChI=1S/C9H11FO2/c1-6-3-4-8(10)7(5-11)9(6)12-2/h3-4,11H,5H2,1-2H3. The molecule has 12 heavy (non-hydrogen) atoms. The van der Waals surface area contributed by atoms with Crippen molar-refractivity contribution in [3.05, 3.63) is 29.1 Å². The van der Waals surface area contributed by atoms with E-state index in [4.69, 9.17) is 9.84 Å². The average Bonchev–Trinajstić information content (AvgIpc) is 2.08. The lowest BCUT2D eigenvalue weighted by Gasteiger charge is -2.09. The maximum atomic E-state index is 13.0. The predicted octanol–water partition coefficient (Wildman–Crippen LogP) is 1.64. The molecule has 0 atom stereocenters. The van der Waals surface area contributed by atoms with Gasteiger partial charge in [0.05, 0.1) is 19.3 Å². The van der Waals surface area contributed by atoms with Crippen molar-refractivity contribution in [3.8, 4) is 5.75 Å². The number of aliphatic hydroxyl groups is 1. The molecular weight excluding hydrogens is 159 g/mol. The van der Waals surface area contributed by atoms with E-state index in [0.29, 0.717) is 5.75 Å². The molecule has 0 bridgehead atoms. The number of hydrogen-bond donors (Lipinski definition) is 1. The molecule has 0 heterocycles. The Hall–Kier alpha value is -1.09. The monoisotopic (exact) mass is 170 g/mol. The first-order chi connectivity index (χ1) is 5.70. The van der Waals surface area contributed by atoms with Gasteiger partial charge in [0.2, 0.25) is 0 Å². The van der Waals surface area contributed by atoms with Gasteiger partial charge < -0.3 is 9.84 Å². The van der Waals surface area contributed by atoms with Crippen molar-refractivity contribution in [3.63, 3.8) is 0 Å². The van der Waals surface area contributed by atoms with Gasteiger partial charge in [-0.3, -0.25) is 0 Å². The Kier molecular flexibility index (Phi) is 2.65. The summed E-state index contributed by atoms with van der Waals surface area (Å²) in [5, 5.41) is 8.83. The van der Waals surface area contributed by atoms with Crippen molar-refractivity contribution < 1.29 is 14.2 Å². The van der Waals surface area contributed by atoms with Gasteiger partial charge in [-0.1, -0.05) is 6.07 Å². The Morgan fingerprint density at radius 2 is 2.17 bits per heavy atom. The van der Waals surface area contributed by atoms with Crippen molar-refractivity contribution in [2.24, 2.45) is 0 Å². The molecule has 0 saturated heterocycles. The SMILES string of the molecule is COc1c(C)ccc(F)c1CO. The Morgan fingerprint density at radius 1 is 1.50 bits per heavy atom. The Labute approximate surface area is 70.6 Å². The normalized spacial score (nSPS) is 10.0. The maximum Gasteiger partial charge on any atom is 0.132 e. The van der Waals surface area contributed by atoms with Crippen molar-refractivity contribution in [1.29, 1.82) is 0 Å². The van der Waals surface area contributed by atoms with Crippen LogP contribution in [0.1, 0.15) is 11.1 Å². The van der Waals surface area contributed by atoms with Gasteiger partial charge in [-0.25, -0.2) is 4.39 Å². The summed E-state index contributed by atoms with van der Waals surface area (Å²) in [6, 6.07) is 2.94. The first-order valence-corrected chi connectivity index (χ1v) is 3.63. The lowest BCUT2D eigenvalue weighted by atomic mass is 10.1. The fraction of sp³-hybridized carbons (Fsp3) is 0.333. The summed E-state index contributed by atoms with van der Waals surface area (Å²) in [5.41, 5.74) is 1.04. The molecule has 0 unspecified atom stereocenters. The molecule has 0 aromatic heterocycles. The molecule has 1 N–H and O–H groups in total. The Morgan fingerprint density at radius 3 is 2.58 bits per heavy atom. The molecule has 1 aromatic rings. The molecule has 1 aromatic carbocycles. The minimum Gasteiger partial charge on any atom is -0.496 e. The molecule has 0 saturated carbocycles. The molecule has 0 aliphatic heterocycles. The van der Waals surface area contributed by atoms with Crippen LogP contribution in [0.2, 0.25) is 0 Å². The molecule has 0 spiro atoms. The number of aryl methyl sites for hydroxylation is 1. The number of halogens is 1. The number of benzene rings is 1. The molecular formula is C9H11FO2. The quantitative estimate of drug-likeness (QED) is 0.731. The zero-order chi connectivity index (χ0) is 9.14. The van der Waals surface area contributed by atoms with Crippen LogP contribution < -0.4 is 4.74 Å². The van der Waals surface area contributed by atoms with Gasteiger partial charge in [0.15, 0.2) is 0 Å². The molecule has 0 radical (unpaired) electrons. The highest BCUT2D eigenvalue weighted by Gasteiger charge is 2.10. The summed E-state index contributed by atoms with van der Waals surface area (Å²) in [6.45, 7) is 1.47. The van der Waals surface area contributed by atoms with Crippen LogP contribution in [0.5, 0.6) is 5.75 Å². The minimum atomic E-state index is -0.431. The van der Waals surface area contributed by atoms with E-state index in [1.54, 1.807) is 13.0 Å². The number of rotatable bonds is 2. The van der Waals surface area contributed by atoms with Crippen LogP contribution in [0.3, 0.4) is 0 Å². The lowest BCUT2D eigenvalue weighted by Crippen LogP contribution is -1.97. The topological polar surface area (TPSA) is 29.5 Å². The van der Waals surface area contributed by atoms with Crippen LogP contribution in [0.25, 0.3) is 0 Å². The fourth-order valence-electron chi connectivity index (χ4n) is 1.15. The van der Waals surface area contributed by atoms with Crippen LogP contribution in [0.4, 0.5) is 4.39 Å². The van der Waals surface area contributed by atoms with Gasteiger partial charge in [0.1, 0.15) is 11.6 Å². The Balaban J connectivity index is 3.28. The number of ether oxygens (including phenoxy) is 1. The average molecular weight is 170 g/mol. The van der Waals surface area contributed by atoms with Crippen LogP contribution in [0.15, 0.2) is 12.1 Å². The number of hydrogen-bond acceptors (Lipinski definition) is 2. The molecule has 2 nitrogen and oxygen atoms in total. The number of aliphatic hydroxyl groups excluding tert-OH is 1. The third-order valence-electron chi connectivity index (χ3n) is 1.76. The van der Waals surface area contributed by atoms with Gasteiger partial charge in [-0.2, -0.15) is 0 Å². The lowest BCUT2D eigenvalue weighted by molar-refractivity contribution is 0.266. The highest BCUT2D eigenvalue weighted by molar-refractivity contribution is 5.41. The van der Waals surface area contributed by atoms with E-state index in [-0.39, 0.29) is 12.2 Å². The van der Waals surface area contributed by atoms with Gasteiger partial charge in [0, 0.05) is 0 Å².